The Morgan fingerprint density at radius 2 is 1.93 bits per heavy atom. The normalized spacial score (nSPS) is 11.3. The highest BCUT2D eigenvalue weighted by molar-refractivity contribution is 14.0. The summed E-state index contributed by atoms with van der Waals surface area (Å²) < 4.78 is 2.15. The Morgan fingerprint density at radius 3 is 2.69 bits per heavy atom. The fourth-order valence-corrected chi connectivity index (χ4v) is 3.11. The van der Waals surface area contributed by atoms with Crippen LogP contribution >= 0.6 is 24.0 Å². The summed E-state index contributed by atoms with van der Waals surface area (Å²) in [7, 11) is 0. The summed E-state index contributed by atoms with van der Waals surface area (Å²) in [5.41, 5.74) is 9.66. The second kappa shape index (κ2) is 11.6. The molecule has 0 bridgehead atoms. The van der Waals surface area contributed by atoms with E-state index in [2.05, 4.69) is 70.1 Å². The summed E-state index contributed by atoms with van der Waals surface area (Å²) in [4.78, 5) is 8.89. The number of aryl methyl sites for hydroxylation is 2. The maximum atomic E-state index is 6.08. The van der Waals surface area contributed by atoms with Gasteiger partial charge in [0.25, 0.3) is 0 Å². The number of aromatic nitrogens is 2. The Labute approximate surface area is 190 Å². The van der Waals surface area contributed by atoms with Gasteiger partial charge in [0.2, 0.25) is 0 Å². The molecule has 0 unspecified atom stereocenters. The molecule has 0 amide bonds. The fraction of sp³-hybridized carbons (Fsp3) is 0.304. The number of aliphatic imine (C=N–C) groups is 1. The van der Waals surface area contributed by atoms with E-state index in [0.29, 0.717) is 18.4 Å². The van der Waals surface area contributed by atoms with Gasteiger partial charge < -0.3 is 15.6 Å². The number of hydrogen-bond donors (Lipinski definition) is 2. The van der Waals surface area contributed by atoms with Crippen LogP contribution in [-0.2, 0) is 19.5 Å². The van der Waals surface area contributed by atoms with Crippen LogP contribution in [0.4, 0.5) is 5.69 Å². The number of nitrogens with two attached hydrogens (primary N) is 1. The summed E-state index contributed by atoms with van der Waals surface area (Å²) in [6, 6.07) is 18.8. The molecule has 0 aliphatic carbocycles. The largest absolute Gasteiger partial charge is 0.370 e. The van der Waals surface area contributed by atoms with Crippen molar-refractivity contribution in [2.75, 3.05) is 5.32 Å². The smallest absolute Gasteiger partial charge is 0.193 e. The minimum Gasteiger partial charge on any atom is -0.370 e. The van der Waals surface area contributed by atoms with E-state index in [-0.39, 0.29) is 24.0 Å². The van der Waals surface area contributed by atoms with Crippen molar-refractivity contribution < 1.29 is 0 Å². The van der Waals surface area contributed by atoms with Gasteiger partial charge in [-0.1, -0.05) is 56.3 Å². The molecular formula is C23H30IN5. The number of imidazole rings is 1. The van der Waals surface area contributed by atoms with E-state index in [1.54, 1.807) is 0 Å². The van der Waals surface area contributed by atoms with E-state index < -0.39 is 0 Å². The molecular weight excluding hydrogens is 473 g/mol. The van der Waals surface area contributed by atoms with Crippen molar-refractivity contribution in [2.24, 2.45) is 10.7 Å². The lowest BCUT2D eigenvalue weighted by molar-refractivity contribution is 0.611. The van der Waals surface area contributed by atoms with Crippen LogP contribution in [0.2, 0.25) is 0 Å². The third kappa shape index (κ3) is 7.20. The van der Waals surface area contributed by atoms with Crippen molar-refractivity contribution in [1.29, 1.82) is 0 Å². The van der Waals surface area contributed by atoms with E-state index in [1.165, 1.54) is 11.1 Å². The molecule has 3 N–H and O–H groups in total. The van der Waals surface area contributed by atoms with Gasteiger partial charge in [-0.15, -0.1) is 24.0 Å². The summed E-state index contributed by atoms with van der Waals surface area (Å²) in [6.07, 6.45) is 5.94. The third-order valence-corrected chi connectivity index (χ3v) is 4.73. The Bertz CT molecular complexity index is 902. The SMILES string of the molecule is CC(C)c1cccc(NC(N)=NCc2nccn2CCCc2ccccc2)c1.I. The standard InChI is InChI=1S/C23H29N5.HI/c1-18(2)20-11-6-12-21(16-20)27-23(24)26-17-22-25-13-15-28(22)14-7-10-19-8-4-3-5-9-19;/h3-6,8-9,11-13,15-16,18H,7,10,14,17H2,1-2H3,(H3,24,26,27);1H. The van der Waals surface area contributed by atoms with Crippen molar-refractivity contribution in [3.05, 3.63) is 83.9 Å². The average molecular weight is 503 g/mol. The number of anilines is 1. The molecule has 1 aromatic heterocycles. The Kier molecular flexibility index (Phi) is 9.18. The molecule has 154 valence electrons. The zero-order valence-corrected chi connectivity index (χ0v) is 19.4. The number of nitrogens with one attached hydrogen (secondary N) is 1. The van der Waals surface area contributed by atoms with Gasteiger partial charge in [0.05, 0.1) is 0 Å². The number of nitrogens with zero attached hydrogens (tertiary/aromatic N) is 3. The molecule has 29 heavy (non-hydrogen) atoms. The number of rotatable bonds is 8. The summed E-state index contributed by atoms with van der Waals surface area (Å²) in [5.74, 6) is 1.80. The van der Waals surface area contributed by atoms with Crippen LogP contribution in [0.3, 0.4) is 0 Å². The number of guanidine groups is 1. The van der Waals surface area contributed by atoms with E-state index in [1.807, 2.05) is 30.6 Å². The van der Waals surface area contributed by atoms with E-state index >= 15 is 0 Å². The first-order valence-corrected chi connectivity index (χ1v) is 9.82. The van der Waals surface area contributed by atoms with Crippen molar-refractivity contribution in [3.63, 3.8) is 0 Å². The summed E-state index contributed by atoms with van der Waals surface area (Å²) in [6.45, 7) is 5.73. The number of hydrogen-bond acceptors (Lipinski definition) is 2. The Balaban J connectivity index is 0.00000300. The average Bonchev–Trinajstić information content (AvgIpc) is 3.15. The molecule has 2 aromatic carbocycles. The summed E-state index contributed by atoms with van der Waals surface area (Å²) in [5, 5.41) is 3.17. The molecule has 0 spiro atoms. The van der Waals surface area contributed by atoms with E-state index in [4.69, 9.17) is 5.73 Å². The highest BCUT2D eigenvalue weighted by atomic mass is 127. The van der Waals surface area contributed by atoms with Crippen molar-refractivity contribution in [2.45, 2.75) is 45.7 Å². The van der Waals surface area contributed by atoms with Gasteiger partial charge in [0.15, 0.2) is 5.96 Å². The molecule has 0 fully saturated rings. The quantitative estimate of drug-likeness (QED) is 0.253. The monoisotopic (exact) mass is 503 g/mol. The topological polar surface area (TPSA) is 68.2 Å². The second-order valence-corrected chi connectivity index (χ2v) is 7.23. The molecule has 0 aliphatic rings. The van der Waals surface area contributed by atoms with Gasteiger partial charge in [0.1, 0.15) is 12.4 Å². The molecule has 5 nitrogen and oxygen atoms in total. The van der Waals surface area contributed by atoms with Crippen LogP contribution in [0.5, 0.6) is 0 Å². The van der Waals surface area contributed by atoms with E-state index in [9.17, 15) is 0 Å². The molecule has 3 rings (SSSR count). The first kappa shape index (κ1) is 22.9. The van der Waals surface area contributed by atoms with Crippen molar-refractivity contribution in [3.8, 4) is 0 Å². The van der Waals surface area contributed by atoms with Gasteiger partial charge in [0, 0.05) is 24.6 Å². The van der Waals surface area contributed by atoms with E-state index in [0.717, 1.165) is 30.9 Å². The van der Waals surface area contributed by atoms with Crippen molar-refractivity contribution >= 4 is 35.6 Å². The van der Waals surface area contributed by atoms with Gasteiger partial charge in [-0.25, -0.2) is 9.98 Å². The first-order valence-electron chi connectivity index (χ1n) is 9.82. The third-order valence-electron chi connectivity index (χ3n) is 4.73. The molecule has 3 aromatic rings. The highest BCUT2D eigenvalue weighted by Gasteiger charge is 2.04. The van der Waals surface area contributed by atoms with Crippen LogP contribution in [0.1, 0.15) is 43.1 Å². The van der Waals surface area contributed by atoms with Crippen LogP contribution in [0, 0.1) is 0 Å². The lowest BCUT2D eigenvalue weighted by atomic mass is 10.0. The molecule has 0 saturated heterocycles. The van der Waals surface area contributed by atoms with Gasteiger partial charge >= 0.3 is 0 Å². The maximum Gasteiger partial charge on any atom is 0.193 e. The Morgan fingerprint density at radius 1 is 1.14 bits per heavy atom. The fourth-order valence-electron chi connectivity index (χ4n) is 3.11. The van der Waals surface area contributed by atoms with Crippen LogP contribution in [0.15, 0.2) is 72.0 Å². The zero-order chi connectivity index (χ0) is 19.8. The lowest BCUT2D eigenvalue weighted by Crippen LogP contribution is -2.23. The molecule has 0 saturated carbocycles. The van der Waals surface area contributed by atoms with Gasteiger partial charge in [-0.05, 0) is 42.0 Å². The molecule has 1 heterocycles. The minimum absolute atomic E-state index is 0. The minimum atomic E-state index is 0. The van der Waals surface area contributed by atoms with Crippen LogP contribution < -0.4 is 11.1 Å². The predicted molar refractivity (Wildman–Crippen MR) is 132 cm³/mol. The predicted octanol–water partition coefficient (Wildman–Crippen LogP) is 5.18. The zero-order valence-electron chi connectivity index (χ0n) is 17.1. The van der Waals surface area contributed by atoms with Crippen molar-refractivity contribution in [1.82, 2.24) is 9.55 Å². The van der Waals surface area contributed by atoms with Crippen LogP contribution in [-0.4, -0.2) is 15.5 Å². The summed E-state index contributed by atoms with van der Waals surface area (Å²) >= 11 is 0. The molecule has 0 aliphatic heterocycles. The number of halogens is 1. The lowest BCUT2D eigenvalue weighted by Gasteiger charge is -2.10. The van der Waals surface area contributed by atoms with Gasteiger partial charge in [-0.2, -0.15) is 0 Å². The molecule has 0 radical (unpaired) electrons. The maximum absolute atomic E-state index is 6.08. The molecule has 6 heteroatoms. The highest BCUT2D eigenvalue weighted by Crippen LogP contribution is 2.18. The van der Waals surface area contributed by atoms with Crippen LogP contribution in [0.25, 0.3) is 0 Å². The number of benzene rings is 2. The first-order chi connectivity index (χ1) is 13.6. The second-order valence-electron chi connectivity index (χ2n) is 7.23. The molecule has 0 atom stereocenters. The Hall–Kier alpha value is -2.35. The van der Waals surface area contributed by atoms with Gasteiger partial charge in [-0.3, -0.25) is 0 Å².